The lowest BCUT2D eigenvalue weighted by Gasteiger charge is -2.13. The van der Waals surface area contributed by atoms with Gasteiger partial charge in [-0.05, 0) is 36.4 Å². The van der Waals surface area contributed by atoms with E-state index in [1.54, 1.807) is 12.1 Å². The summed E-state index contributed by atoms with van der Waals surface area (Å²) in [5.74, 6) is 0.613. The average Bonchev–Trinajstić information content (AvgIpc) is 2.52. The van der Waals surface area contributed by atoms with Gasteiger partial charge in [-0.15, -0.1) is 0 Å². The van der Waals surface area contributed by atoms with Crippen LogP contribution in [0.25, 0.3) is 0 Å². The van der Waals surface area contributed by atoms with Gasteiger partial charge in [-0.1, -0.05) is 29.8 Å². The fraction of sp³-hybridized carbons (Fsp3) is 0.200. The fourth-order valence-corrected chi connectivity index (χ4v) is 2.87. The van der Waals surface area contributed by atoms with Crippen LogP contribution in [0, 0.1) is 0 Å². The molecule has 0 bridgehead atoms. The second-order valence-electron chi connectivity index (χ2n) is 4.58. The van der Waals surface area contributed by atoms with Gasteiger partial charge in [-0.3, -0.25) is 0 Å². The van der Waals surface area contributed by atoms with Crippen molar-refractivity contribution in [2.45, 2.75) is 11.0 Å². The predicted octanol–water partition coefficient (Wildman–Crippen LogP) is 2.06. The Morgan fingerprint density at radius 3 is 2.36 bits per heavy atom. The highest BCUT2D eigenvalue weighted by Gasteiger charge is 2.16. The number of sulfonamides is 1. The zero-order valence-corrected chi connectivity index (χ0v) is 13.2. The lowest BCUT2D eigenvalue weighted by Crippen LogP contribution is -2.35. The fourth-order valence-electron chi connectivity index (χ4n) is 1.67. The van der Waals surface area contributed by atoms with Gasteiger partial charge >= 0.3 is 0 Å². The van der Waals surface area contributed by atoms with Crippen molar-refractivity contribution in [3.05, 3.63) is 59.6 Å². The third-order valence-electron chi connectivity index (χ3n) is 2.82. The second-order valence-corrected chi connectivity index (χ2v) is 6.79. The Kier molecular flexibility index (Phi) is 5.79. The Hall–Kier alpha value is -1.60. The predicted molar refractivity (Wildman–Crippen MR) is 84.6 cm³/mol. The van der Waals surface area contributed by atoms with Gasteiger partial charge in [0, 0.05) is 11.6 Å². The zero-order valence-electron chi connectivity index (χ0n) is 11.6. The second kappa shape index (κ2) is 7.60. The van der Waals surface area contributed by atoms with Crippen molar-refractivity contribution in [3.8, 4) is 5.75 Å². The summed E-state index contributed by atoms with van der Waals surface area (Å²) in [6, 6.07) is 14.8. The SMILES string of the molecule is O=S(=O)(NCC(O)COc1ccccc1)c1ccc(Cl)cc1. The van der Waals surface area contributed by atoms with E-state index in [0.29, 0.717) is 10.8 Å². The first kappa shape index (κ1) is 16.8. The quantitative estimate of drug-likeness (QED) is 0.808. The van der Waals surface area contributed by atoms with E-state index in [2.05, 4.69) is 4.72 Å². The number of aliphatic hydroxyl groups excluding tert-OH is 1. The van der Waals surface area contributed by atoms with Gasteiger partial charge in [0.1, 0.15) is 18.5 Å². The number of rotatable bonds is 7. The summed E-state index contributed by atoms with van der Waals surface area (Å²) in [6.45, 7) is -0.148. The number of halogens is 1. The van der Waals surface area contributed by atoms with E-state index < -0.39 is 16.1 Å². The molecule has 0 aliphatic carbocycles. The van der Waals surface area contributed by atoms with Crippen LogP contribution in [0.3, 0.4) is 0 Å². The molecule has 7 heteroatoms. The van der Waals surface area contributed by atoms with Crippen LogP contribution in [0.4, 0.5) is 0 Å². The lowest BCUT2D eigenvalue weighted by molar-refractivity contribution is 0.111. The van der Waals surface area contributed by atoms with Crippen molar-refractivity contribution >= 4 is 21.6 Å². The maximum absolute atomic E-state index is 12.0. The minimum absolute atomic E-state index is 0.00679. The van der Waals surface area contributed by atoms with Crippen LogP contribution in [0.5, 0.6) is 5.75 Å². The van der Waals surface area contributed by atoms with Crippen LogP contribution in [0.15, 0.2) is 59.5 Å². The van der Waals surface area contributed by atoms with Crippen molar-refractivity contribution in [2.24, 2.45) is 0 Å². The number of hydrogen-bond donors (Lipinski definition) is 2. The van der Waals surface area contributed by atoms with Crippen molar-refractivity contribution in [3.63, 3.8) is 0 Å². The molecule has 2 rings (SSSR count). The normalized spacial score (nSPS) is 12.8. The molecule has 0 saturated carbocycles. The highest BCUT2D eigenvalue weighted by Crippen LogP contribution is 2.14. The molecule has 22 heavy (non-hydrogen) atoms. The molecule has 0 aliphatic rings. The molecule has 5 nitrogen and oxygen atoms in total. The first-order valence-corrected chi connectivity index (χ1v) is 8.44. The smallest absolute Gasteiger partial charge is 0.240 e. The molecule has 0 aliphatic heterocycles. The minimum atomic E-state index is -3.68. The van der Waals surface area contributed by atoms with Crippen LogP contribution in [-0.4, -0.2) is 32.8 Å². The Bertz CT molecular complexity index is 689. The summed E-state index contributed by atoms with van der Waals surface area (Å²) in [7, 11) is -3.68. The molecule has 0 amide bonds. The molecule has 0 heterocycles. The summed E-state index contributed by atoms with van der Waals surface area (Å²) in [5.41, 5.74) is 0. The number of nitrogens with one attached hydrogen (secondary N) is 1. The number of para-hydroxylation sites is 1. The standard InChI is InChI=1S/C15H16ClNO4S/c16-12-6-8-15(9-7-12)22(19,20)17-10-13(18)11-21-14-4-2-1-3-5-14/h1-9,13,17-18H,10-11H2. The molecule has 0 saturated heterocycles. The number of hydrogen-bond acceptors (Lipinski definition) is 4. The molecule has 0 aromatic heterocycles. The molecule has 0 spiro atoms. The Balaban J connectivity index is 1.85. The molecular weight excluding hydrogens is 326 g/mol. The van der Waals surface area contributed by atoms with Crippen molar-refractivity contribution in [2.75, 3.05) is 13.2 Å². The summed E-state index contributed by atoms with van der Waals surface area (Å²) in [4.78, 5) is 0.0908. The molecule has 0 fully saturated rings. The highest BCUT2D eigenvalue weighted by molar-refractivity contribution is 7.89. The number of benzene rings is 2. The van der Waals surface area contributed by atoms with Crippen molar-refractivity contribution in [1.29, 1.82) is 0 Å². The van der Waals surface area contributed by atoms with Crippen LogP contribution >= 0.6 is 11.6 Å². The summed E-state index contributed by atoms with van der Waals surface area (Å²) >= 11 is 5.72. The zero-order chi connectivity index (χ0) is 16.0. The Morgan fingerprint density at radius 2 is 1.73 bits per heavy atom. The lowest BCUT2D eigenvalue weighted by atomic mass is 10.3. The van der Waals surface area contributed by atoms with E-state index in [0.717, 1.165) is 0 Å². The maximum Gasteiger partial charge on any atom is 0.240 e. The molecule has 2 N–H and O–H groups in total. The topological polar surface area (TPSA) is 75.6 Å². The first-order chi connectivity index (χ1) is 10.5. The summed E-state index contributed by atoms with van der Waals surface area (Å²) in [5, 5.41) is 10.2. The third-order valence-corrected chi connectivity index (χ3v) is 4.51. The largest absolute Gasteiger partial charge is 0.491 e. The average molecular weight is 342 g/mol. The van der Waals surface area contributed by atoms with Gasteiger partial charge in [0.25, 0.3) is 0 Å². The van der Waals surface area contributed by atoms with Gasteiger partial charge in [0.2, 0.25) is 10.0 Å². The Labute approximate surface area is 134 Å². The highest BCUT2D eigenvalue weighted by atomic mass is 35.5. The maximum atomic E-state index is 12.0. The monoisotopic (exact) mass is 341 g/mol. The number of ether oxygens (including phenoxy) is 1. The van der Waals surface area contributed by atoms with E-state index in [1.807, 2.05) is 18.2 Å². The van der Waals surface area contributed by atoms with E-state index in [4.69, 9.17) is 16.3 Å². The van der Waals surface area contributed by atoms with Crippen LogP contribution in [0.1, 0.15) is 0 Å². The van der Waals surface area contributed by atoms with Crippen LogP contribution < -0.4 is 9.46 Å². The van der Waals surface area contributed by atoms with E-state index >= 15 is 0 Å². The minimum Gasteiger partial charge on any atom is -0.491 e. The summed E-state index contributed by atoms with van der Waals surface area (Å²) < 4.78 is 31.7. The number of aliphatic hydroxyl groups is 1. The van der Waals surface area contributed by atoms with E-state index in [1.165, 1.54) is 24.3 Å². The van der Waals surface area contributed by atoms with Crippen LogP contribution in [0.2, 0.25) is 5.02 Å². The molecular formula is C15H16ClNO4S. The molecule has 2 aromatic carbocycles. The van der Waals surface area contributed by atoms with E-state index in [9.17, 15) is 13.5 Å². The Morgan fingerprint density at radius 1 is 1.09 bits per heavy atom. The molecule has 0 radical (unpaired) electrons. The van der Waals surface area contributed by atoms with Gasteiger partial charge < -0.3 is 9.84 Å². The van der Waals surface area contributed by atoms with E-state index in [-0.39, 0.29) is 18.0 Å². The summed E-state index contributed by atoms with van der Waals surface area (Å²) in [6.07, 6.45) is -0.956. The van der Waals surface area contributed by atoms with Gasteiger partial charge in [0.15, 0.2) is 0 Å². The molecule has 2 aromatic rings. The molecule has 1 unspecified atom stereocenters. The van der Waals surface area contributed by atoms with Gasteiger partial charge in [-0.2, -0.15) is 0 Å². The molecule has 118 valence electrons. The van der Waals surface area contributed by atoms with Gasteiger partial charge in [0.05, 0.1) is 4.90 Å². The van der Waals surface area contributed by atoms with Crippen molar-refractivity contribution < 1.29 is 18.3 Å². The van der Waals surface area contributed by atoms with Crippen LogP contribution in [-0.2, 0) is 10.0 Å². The van der Waals surface area contributed by atoms with Crippen molar-refractivity contribution in [1.82, 2.24) is 4.72 Å². The first-order valence-electron chi connectivity index (χ1n) is 6.58. The van der Waals surface area contributed by atoms with Gasteiger partial charge in [-0.25, -0.2) is 13.1 Å². The molecule has 1 atom stereocenters. The third kappa shape index (κ3) is 4.99.